The molecule has 0 aromatic heterocycles. The van der Waals surface area contributed by atoms with E-state index < -0.39 is 0 Å². The maximum atomic E-state index is 6.04. The molecule has 3 heteroatoms. The largest absolute Gasteiger partial charge is 0.378 e. The Kier molecular flexibility index (Phi) is 3.65. The van der Waals surface area contributed by atoms with E-state index in [4.69, 9.17) is 10.5 Å². The van der Waals surface area contributed by atoms with Crippen LogP contribution in [0.2, 0.25) is 0 Å². The van der Waals surface area contributed by atoms with Crippen LogP contribution in [-0.2, 0) is 4.74 Å². The number of nitrogens with zero attached hydrogens (tertiary/aromatic N) is 1. The van der Waals surface area contributed by atoms with Crippen LogP contribution < -0.4 is 5.73 Å². The number of rotatable bonds is 3. The number of ether oxygens (including phenoxy) is 1. The summed E-state index contributed by atoms with van der Waals surface area (Å²) in [6.45, 7) is 6.39. The normalized spacial score (nSPS) is 38.4. The predicted octanol–water partition coefficient (Wildman–Crippen LogP) is 1.37. The van der Waals surface area contributed by atoms with Crippen molar-refractivity contribution in [3.8, 4) is 0 Å². The second-order valence-electron chi connectivity index (χ2n) is 4.98. The summed E-state index contributed by atoms with van der Waals surface area (Å²) in [5.41, 5.74) is 6.30. The maximum absolute atomic E-state index is 6.04. The molecule has 2 aliphatic rings. The average Bonchev–Trinajstić information content (AvgIpc) is 2.83. The first-order valence-electron chi connectivity index (χ1n) is 6.37. The van der Waals surface area contributed by atoms with Gasteiger partial charge in [0.2, 0.25) is 0 Å². The topological polar surface area (TPSA) is 38.5 Å². The Morgan fingerprint density at radius 2 is 2.13 bits per heavy atom. The minimum absolute atomic E-state index is 0.259. The van der Waals surface area contributed by atoms with Crippen molar-refractivity contribution in [1.82, 2.24) is 4.90 Å². The van der Waals surface area contributed by atoms with Gasteiger partial charge in [-0.05, 0) is 45.2 Å². The molecule has 2 unspecified atom stereocenters. The number of nitrogens with two attached hydrogens (primary N) is 1. The van der Waals surface area contributed by atoms with E-state index in [1.807, 2.05) is 0 Å². The fraction of sp³-hybridized carbons (Fsp3) is 1.00. The molecule has 88 valence electrons. The first-order valence-corrected chi connectivity index (χ1v) is 6.37. The molecule has 0 aliphatic carbocycles. The Labute approximate surface area is 93.0 Å². The molecule has 2 N–H and O–H groups in total. The van der Waals surface area contributed by atoms with Gasteiger partial charge in [0.25, 0.3) is 0 Å². The van der Waals surface area contributed by atoms with Gasteiger partial charge in [0, 0.05) is 18.7 Å². The van der Waals surface area contributed by atoms with E-state index in [-0.39, 0.29) is 5.54 Å². The first-order chi connectivity index (χ1) is 7.30. The van der Waals surface area contributed by atoms with Crippen LogP contribution in [0.15, 0.2) is 0 Å². The van der Waals surface area contributed by atoms with Gasteiger partial charge in [-0.15, -0.1) is 0 Å². The zero-order valence-corrected chi connectivity index (χ0v) is 9.87. The monoisotopic (exact) mass is 212 g/mol. The molecular formula is C12H24N2O. The Morgan fingerprint density at radius 1 is 1.40 bits per heavy atom. The lowest BCUT2D eigenvalue weighted by atomic mass is 9.84. The van der Waals surface area contributed by atoms with Crippen molar-refractivity contribution < 1.29 is 4.74 Å². The van der Waals surface area contributed by atoms with E-state index >= 15 is 0 Å². The van der Waals surface area contributed by atoms with E-state index in [1.165, 1.54) is 25.9 Å². The molecule has 15 heavy (non-hydrogen) atoms. The van der Waals surface area contributed by atoms with Gasteiger partial charge >= 0.3 is 0 Å². The second kappa shape index (κ2) is 4.81. The lowest BCUT2D eigenvalue weighted by Gasteiger charge is -2.46. The molecule has 2 atom stereocenters. The maximum Gasteiger partial charge on any atom is 0.0590 e. The summed E-state index contributed by atoms with van der Waals surface area (Å²) in [6.07, 6.45) is 6.51. The molecule has 2 heterocycles. The van der Waals surface area contributed by atoms with E-state index in [9.17, 15) is 0 Å². The van der Waals surface area contributed by atoms with Gasteiger partial charge in [0.05, 0.1) is 6.10 Å². The van der Waals surface area contributed by atoms with Gasteiger partial charge in [-0.2, -0.15) is 0 Å². The third-order valence-corrected chi connectivity index (χ3v) is 4.14. The summed E-state index contributed by atoms with van der Waals surface area (Å²) in [4.78, 5) is 2.62. The lowest BCUT2D eigenvalue weighted by Crippen LogP contribution is -2.57. The fourth-order valence-electron chi connectivity index (χ4n) is 3.06. The summed E-state index contributed by atoms with van der Waals surface area (Å²) in [6, 6.07) is 0. The Balaban J connectivity index is 2.05. The van der Waals surface area contributed by atoms with Crippen molar-refractivity contribution in [2.24, 2.45) is 5.73 Å². The van der Waals surface area contributed by atoms with Crippen LogP contribution in [0, 0.1) is 0 Å². The zero-order chi connectivity index (χ0) is 10.7. The van der Waals surface area contributed by atoms with Crippen molar-refractivity contribution >= 4 is 0 Å². The van der Waals surface area contributed by atoms with Crippen LogP contribution in [0.1, 0.15) is 39.0 Å². The Hall–Kier alpha value is -0.120. The Bertz CT molecular complexity index is 204. The van der Waals surface area contributed by atoms with Crippen LogP contribution in [0.4, 0.5) is 0 Å². The summed E-state index contributed by atoms with van der Waals surface area (Å²) in [5.74, 6) is 0. The quantitative estimate of drug-likeness (QED) is 0.768. The molecule has 0 bridgehead atoms. The number of hydrogen-bond acceptors (Lipinski definition) is 3. The molecule has 0 radical (unpaired) electrons. The van der Waals surface area contributed by atoms with Gasteiger partial charge in [-0.25, -0.2) is 0 Å². The standard InChI is InChI=1S/C12H24N2O/c1-2-11-9-12(10-13,5-8-15-11)14-6-3-4-7-14/h11H,2-10,13H2,1H3. The molecule has 2 rings (SSSR count). The molecule has 3 nitrogen and oxygen atoms in total. The third kappa shape index (κ3) is 2.19. The highest BCUT2D eigenvalue weighted by molar-refractivity contribution is 4.97. The van der Waals surface area contributed by atoms with Crippen LogP contribution in [0.5, 0.6) is 0 Å². The number of likely N-dealkylation sites (tertiary alicyclic amines) is 1. The van der Waals surface area contributed by atoms with Gasteiger partial charge < -0.3 is 10.5 Å². The minimum Gasteiger partial charge on any atom is -0.378 e. The second-order valence-corrected chi connectivity index (χ2v) is 4.98. The zero-order valence-electron chi connectivity index (χ0n) is 9.87. The molecule has 2 saturated heterocycles. The van der Waals surface area contributed by atoms with E-state index in [0.717, 1.165) is 32.4 Å². The highest BCUT2D eigenvalue weighted by Crippen LogP contribution is 2.33. The highest BCUT2D eigenvalue weighted by Gasteiger charge is 2.41. The molecule has 0 amide bonds. The molecular weight excluding hydrogens is 188 g/mol. The number of hydrogen-bond donors (Lipinski definition) is 1. The minimum atomic E-state index is 0.259. The van der Waals surface area contributed by atoms with E-state index in [2.05, 4.69) is 11.8 Å². The summed E-state index contributed by atoms with van der Waals surface area (Å²) < 4.78 is 5.76. The van der Waals surface area contributed by atoms with E-state index in [0.29, 0.717) is 6.10 Å². The molecule has 0 aromatic rings. The van der Waals surface area contributed by atoms with Crippen molar-refractivity contribution in [3.63, 3.8) is 0 Å². The van der Waals surface area contributed by atoms with Gasteiger partial charge in [0.15, 0.2) is 0 Å². The smallest absolute Gasteiger partial charge is 0.0590 e. The van der Waals surface area contributed by atoms with E-state index in [1.54, 1.807) is 0 Å². The fourth-order valence-corrected chi connectivity index (χ4v) is 3.06. The van der Waals surface area contributed by atoms with Crippen LogP contribution in [-0.4, -0.2) is 42.8 Å². The van der Waals surface area contributed by atoms with Crippen LogP contribution >= 0.6 is 0 Å². The highest BCUT2D eigenvalue weighted by atomic mass is 16.5. The lowest BCUT2D eigenvalue weighted by molar-refractivity contribution is -0.0657. The molecule has 0 spiro atoms. The van der Waals surface area contributed by atoms with Gasteiger partial charge in [-0.3, -0.25) is 4.90 Å². The predicted molar refractivity (Wildman–Crippen MR) is 61.9 cm³/mol. The molecule has 2 fully saturated rings. The van der Waals surface area contributed by atoms with Gasteiger partial charge in [-0.1, -0.05) is 6.92 Å². The SMILES string of the molecule is CCC1CC(CN)(N2CCCC2)CCO1. The van der Waals surface area contributed by atoms with Gasteiger partial charge in [0.1, 0.15) is 0 Å². The molecule has 0 aromatic carbocycles. The van der Waals surface area contributed by atoms with Crippen molar-refractivity contribution in [1.29, 1.82) is 0 Å². The summed E-state index contributed by atoms with van der Waals surface area (Å²) in [7, 11) is 0. The Morgan fingerprint density at radius 3 is 2.73 bits per heavy atom. The molecule has 0 saturated carbocycles. The molecule has 2 aliphatic heterocycles. The first kappa shape index (κ1) is 11.4. The van der Waals surface area contributed by atoms with Crippen molar-refractivity contribution in [2.45, 2.75) is 50.7 Å². The van der Waals surface area contributed by atoms with Crippen molar-refractivity contribution in [3.05, 3.63) is 0 Å². The van der Waals surface area contributed by atoms with Crippen LogP contribution in [0.25, 0.3) is 0 Å². The van der Waals surface area contributed by atoms with Crippen LogP contribution in [0.3, 0.4) is 0 Å². The summed E-state index contributed by atoms with van der Waals surface area (Å²) >= 11 is 0. The average molecular weight is 212 g/mol. The van der Waals surface area contributed by atoms with Crippen molar-refractivity contribution in [2.75, 3.05) is 26.2 Å². The summed E-state index contributed by atoms with van der Waals surface area (Å²) in [5, 5.41) is 0. The third-order valence-electron chi connectivity index (χ3n) is 4.14.